The van der Waals surface area contributed by atoms with E-state index in [1.807, 2.05) is 84.6 Å². The van der Waals surface area contributed by atoms with Gasteiger partial charge in [0.15, 0.2) is 5.69 Å². The fourth-order valence-electron chi connectivity index (χ4n) is 5.48. The Balaban J connectivity index is 1.33. The minimum atomic E-state index is -0.522. The largest absolute Gasteiger partial charge is 0.457 e. The van der Waals surface area contributed by atoms with Gasteiger partial charge in [0.25, 0.3) is 5.91 Å². The SMILES string of the molecule is CN(C)C/C=C/C(=O)N1CCC(C2CCNn3c2nc(-c2ccc(Oc4ccccc4)cc2)c3C(N)=O)CC1. The van der Waals surface area contributed by atoms with E-state index >= 15 is 0 Å². The summed E-state index contributed by atoms with van der Waals surface area (Å²) in [4.78, 5) is 34.1. The Labute approximate surface area is 229 Å². The highest BCUT2D eigenvalue weighted by Gasteiger charge is 2.36. The van der Waals surface area contributed by atoms with E-state index in [2.05, 4.69) is 5.43 Å². The van der Waals surface area contributed by atoms with Gasteiger partial charge in [0.1, 0.15) is 23.0 Å². The van der Waals surface area contributed by atoms with Crippen LogP contribution in [0.25, 0.3) is 11.3 Å². The van der Waals surface area contributed by atoms with Crippen LogP contribution < -0.4 is 15.9 Å². The third-order valence-corrected chi connectivity index (χ3v) is 7.45. The van der Waals surface area contributed by atoms with Crippen molar-refractivity contribution >= 4 is 11.8 Å². The fraction of sp³-hybridized carbons (Fsp3) is 0.367. The maximum absolute atomic E-state index is 12.6. The molecule has 204 valence electrons. The van der Waals surface area contributed by atoms with E-state index in [1.54, 1.807) is 10.8 Å². The minimum absolute atomic E-state index is 0.0695. The fourth-order valence-corrected chi connectivity index (χ4v) is 5.48. The van der Waals surface area contributed by atoms with Crippen molar-refractivity contribution in [1.29, 1.82) is 0 Å². The molecule has 9 nitrogen and oxygen atoms in total. The summed E-state index contributed by atoms with van der Waals surface area (Å²) >= 11 is 0. The van der Waals surface area contributed by atoms with Gasteiger partial charge < -0.3 is 25.7 Å². The summed E-state index contributed by atoms with van der Waals surface area (Å²) < 4.78 is 7.71. The molecule has 2 aliphatic heterocycles. The van der Waals surface area contributed by atoms with Crippen LogP contribution in [-0.4, -0.2) is 71.5 Å². The molecule has 1 fully saturated rings. The molecule has 5 rings (SSSR count). The van der Waals surface area contributed by atoms with Crippen molar-refractivity contribution in [2.75, 3.05) is 45.7 Å². The van der Waals surface area contributed by atoms with Crippen molar-refractivity contribution in [2.24, 2.45) is 11.7 Å². The summed E-state index contributed by atoms with van der Waals surface area (Å²) in [6.07, 6.45) is 6.30. The molecule has 0 radical (unpaired) electrons. The zero-order valence-electron chi connectivity index (χ0n) is 22.5. The number of rotatable bonds is 8. The lowest BCUT2D eigenvalue weighted by atomic mass is 9.81. The molecular formula is C30H36N6O3. The molecule has 3 aromatic rings. The monoisotopic (exact) mass is 528 g/mol. The minimum Gasteiger partial charge on any atom is -0.457 e. The second kappa shape index (κ2) is 11.7. The molecule has 2 aromatic carbocycles. The average Bonchev–Trinajstić information content (AvgIpc) is 3.34. The maximum Gasteiger partial charge on any atom is 0.269 e. The standard InChI is InChI=1S/C30H36N6O3/c1-34(2)18-6-9-26(37)35-19-15-21(16-20-35)25-14-17-32-36-28(29(31)38)27(33-30(25)36)22-10-12-24(13-11-22)39-23-7-4-3-5-8-23/h3-13,21,25,32H,14-20H2,1-2H3,(H2,31,38)/b9-6+. The number of nitrogens with two attached hydrogens (primary N) is 1. The van der Waals surface area contributed by atoms with Crippen molar-refractivity contribution in [2.45, 2.75) is 25.2 Å². The van der Waals surface area contributed by atoms with Gasteiger partial charge in [-0.05, 0) is 75.7 Å². The number of carbonyl (C=O) groups is 2. The zero-order chi connectivity index (χ0) is 27.4. The lowest BCUT2D eigenvalue weighted by molar-refractivity contribution is -0.127. The van der Waals surface area contributed by atoms with Gasteiger partial charge >= 0.3 is 0 Å². The van der Waals surface area contributed by atoms with Gasteiger partial charge in [-0.2, -0.15) is 0 Å². The Morgan fingerprint density at radius 2 is 1.74 bits per heavy atom. The highest BCUT2D eigenvalue weighted by molar-refractivity contribution is 5.97. The number of carbonyl (C=O) groups excluding carboxylic acids is 2. The molecule has 0 aliphatic carbocycles. The number of ether oxygens (including phenoxy) is 1. The number of aromatic nitrogens is 2. The van der Waals surface area contributed by atoms with Gasteiger partial charge in [0, 0.05) is 43.7 Å². The van der Waals surface area contributed by atoms with Crippen molar-refractivity contribution in [3.63, 3.8) is 0 Å². The van der Waals surface area contributed by atoms with Crippen LogP contribution in [0, 0.1) is 5.92 Å². The van der Waals surface area contributed by atoms with Crippen LogP contribution in [0.1, 0.15) is 41.5 Å². The van der Waals surface area contributed by atoms with Crippen LogP contribution in [0.4, 0.5) is 0 Å². The third-order valence-electron chi connectivity index (χ3n) is 7.45. The molecule has 0 spiro atoms. The molecule has 3 heterocycles. The second-order valence-corrected chi connectivity index (χ2v) is 10.4. The first-order chi connectivity index (χ1) is 18.9. The summed E-state index contributed by atoms with van der Waals surface area (Å²) in [6, 6.07) is 17.1. The van der Waals surface area contributed by atoms with Gasteiger partial charge in [0.2, 0.25) is 5.91 Å². The lowest BCUT2D eigenvalue weighted by Gasteiger charge is -2.37. The van der Waals surface area contributed by atoms with Gasteiger partial charge in [0.05, 0.1) is 0 Å². The van der Waals surface area contributed by atoms with Gasteiger partial charge in [-0.25, -0.2) is 9.66 Å². The number of benzene rings is 2. The first kappa shape index (κ1) is 26.5. The highest BCUT2D eigenvalue weighted by Crippen LogP contribution is 2.39. The Bertz CT molecular complexity index is 1320. The van der Waals surface area contributed by atoms with Crippen molar-refractivity contribution < 1.29 is 14.3 Å². The number of nitrogens with zero attached hydrogens (tertiary/aromatic N) is 4. The van der Waals surface area contributed by atoms with E-state index in [0.717, 1.165) is 62.6 Å². The van der Waals surface area contributed by atoms with Crippen LogP contribution in [0.15, 0.2) is 66.7 Å². The van der Waals surface area contributed by atoms with Crippen LogP contribution in [-0.2, 0) is 4.79 Å². The van der Waals surface area contributed by atoms with Crippen LogP contribution >= 0.6 is 0 Å². The third kappa shape index (κ3) is 5.98. The van der Waals surface area contributed by atoms with Crippen molar-refractivity contribution in [1.82, 2.24) is 19.5 Å². The summed E-state index contributed by atoms with van der Waals surface area (Å²) in [7, 11) is 3.96. The number of piperidine rings is 1. The molecule has 1 atom stereocenters. The average molecular weight is 529 g/mol. The number of primary amides is 1. The normalized spacial score (nSPS) is 17.7. The summed E-state index contributed by atoms with van der Waals surface area (Å²) in [6.45, 7) is 2.91. The van der Waals surface area contributed by atoms with Crippen LogP contribution in [0.2, 0.25) is 0 Å². The Morgan fingerprint density at radius 3 is 2.41 bits per heavy atom. The Kier molecular flexibility index (Phi) is 7.97. The quantitative estimate of drug-likeness (QED) is 0.431. The van der Waals surface area contributed by atoms with Gasteiger partial charge in [-0.1, -0.05) is 24.3 Å². The Morgan fingerprint density at radius 1 is 1.05 bits per heavy atom. The van der Waals surface area contributed by atoms with E-state index in [1.165, 1.54) is 0 Å². The molecular weight excluding hydrogens is 492 g/mol. The summed E-state index contributed by atoms with van der Waals surface area (Å²) in [5.41, 5.74) is 10.9. The van der Waals surface area contributed by atoms with Crippen LogP contribution in [0.5, 0.6) is 11.5 Å². The molecule has 1 aromatic heterocycles. The highest BCUT2D eigenvalue weighted by atomic mass is 16.5. The molecule has 1 saturated heterocycles. The molecule has 3 N–H and O–H groups in total. The predicted molar refractivity (Wildman–Crippen MR) is 151 cm³/mol. The first-order valence-electron chi connectivity index (χ1n) is 13.5. The van der Waals surface area contributed by atoms with E-state index in [-0.39, 0.29) is 11.8 Å². The molecule has 0 bridgehead atoms. The van der Waals surface area contributed by atoms with Gasteiger partial charge in [-0.15, -0.1) is 0 Å². The molecule has 39 heavy (non-hydrogen) atoms. The van der Waals surface area contributed by atoms with E-state index in [0.29, 0.717) is 23.1 Å². The maximum atomic E-state index is 12.6. The molecule has 0 saturated carbocycles. The smallest absolute Gasteiger partial charge is 0.269 e. The predicted octanol–water partition coefficient (Wildman–Crippen LogP) is 3.83. The number of amides is 2. The number of hydrogen-bond donors (Lipinski definition) is 2. The summed E-state index contributed by atoms with van der Waals surface area (Å²) in [5.74, 6) is 2.39. The van der Waals surface area contributed by atoms with E-state index < -0.39 is 5.91 Å². The van der Waals surface area contributed by atoms with E-state index in [9.17, 15) is 9.59 Å². The molecule has 2 amide bonds. The second-order valence-electron chi connectivity index (χ2n) is 10.4. The zero-order valence-corrected chi connectivity index (χ0v) is 22.5. The van der Waals surface area contributed by atoms with Crippen molar-refractivity contribution in [3.8, 4) is 22.8 Å². The molecule has 2 aliphatic rings. The lowest BCUT2D eigenvalue weighted by Crippen LogP contribution is -2.41. The number of hydrogen-bond acceptors (Lipinski definition) is 6. The number of likely N-dealkylation sites (tertiary alicyclic amines) is 1. The number of fused-ring (bicyclic) bond motifs is 1. The number of para-hydroxylation sites is 1. The molecule has 9 heteroatoms. The first-order valence-corrected chi connectivity index (χ1v) is 13.5. The summed E-state index contributed by atoms with van der Waals surface area (Å²) in [5, 5.41) is 0. The van der Waals surface area contributed by atoms with Crippen LogP contribution in [0.3, 0.4) is 0 Å². The number of imidazole rings is 1. The van der Waals surface area contributed by atoms with Crippen molar-refractivity contribution in [3.05, 3.63) is 78.3 Å². The topological polar surface area (TPSA) is 106 Å². The van der Waals surface area contributed by atoms with E-state index in [4.69, 9.17) is 15.5 Å². The van der Waals surface area contributed by atoms with Gasteiger partial charge in [-0.3, -0.25) is 9.59 Å². The molecule has 1 unspecified atom stereocenters. The Hall–Kier alpha value is -4.11. The number of likely N-dealkylation sites (N-methyl/N-ethyl adjacent to an activating group) is 1. The number of nitrogens with one attached hydrogen (secondary N) is 1.